The van der Waals surface area contributed by atoms with E-state index in [1.54, 1.807) is 27.9 Å². The summed E-state index contributed by atoms with van der Waals surface area (Å²) < 4.78 is 25.2. The monoisotopic (exact) mass is 623 g/mol. The number of likely N-dealkylation sites (N-methyl/N-ethyl adjacent to an activating group) is 2. The van der Waals surface area contributed by atoms with Crippen LogP contribution in [0.1, 0.15) is 74.1 Å². The highest BCUT2D eigenvalue weighted by molar-refractivity contribution is 6.04. The van der Waals surface area contributed by atoms with Crippen LogP contribution in [0, 0.1) is 29.1 Å². The maximum Gasteiger partial charge on any atom is 0.319 e. The fraction of sp³-hybridized carbons (Fsp3) is 0.941. The Bertz CT molecular complexity index is 999. The number of ketones is 1. The lowest BCUT2D eigenvalue weighted by Crippen LogP contribution is -2.60. The van der Waals surface area contributed by atoms with Gasteiger partial charge in [-0.3, -0.25) is 14.5 Å². The van der Waals surface area contributed by atoms with E-state index in [1.165, 1.54) is 12.8 Å². The lowest BCUT2D eigenvalue weighted by atomic mass is 9.74. The number of rotatable bonds is 7. The van der Waals surface area contributed by atoms with Gasteiger partial charge in [0.1, 0.15) is 17.6 Å². The Morgan fingerprint density at radius 2 is 1.68 bits per heavy atom. The van der Waals surface area contributed by atoms with Gasteiger partial charge in [-0.2, -0.15) is 0 Å². The normalized spacial score (nSPS) is 42.2. The summed E-state index contributed by atoms with van der Waals surface area (Å²) in [5, 5.41) is 11.3. The summed E-state index contributed by atoms with van der Waals surface area (Å²) in [6.07, 6.45) is 0.774. The molecule has 4 rings (SSSR count). The fourth-order valence-corrected chi connectivity index (χ4v) is 8.21. The molecule has 1 saturated carbocycles. The van der Waals surface area contributed by atoms with Crippen molar-refractivity contribution in [2.45, 2.75) is 123 Å². The molecule has 0 amide bonds. The highest BCUT2D eigenvalue weighted by Gasteiger charge is 2.52. The molecular formula is C34H61N3O7. The zero-order valence-electron chi connectivity index (χ0n) is 29.2. The Morgan fingerprint density at radius 3 is 2.25 bits per heavy atom. The predicted molar refractivity (Wildman–Crippen MR) is 169 cm³/mol. The highest BCUT2D eigenvalue weighted by atomic mass is 16.7. The number of hydrogen-bond donors (Lipinski definition) is 1. The van der Waals surface area contributed by atoms with E-state index >= 15 is 0 Å². The molecule has 10 nitrogen and oxygen atoms in total. The van der Waals surface area contributed by atoms with Crippen molar-refractivity contribution >= 4 is 11.8 Å². The Hall–Kier alpha value is -1.14. The number of aliphatic hydroxyl groups excluding tert-OH is 1. The number of ether oxygens (including phenoxy) is 4. The van der Waals surface area contributed by atoms with E-state index < -0.39 is 41.4 Å². The lowest BCUT2D eigenvalue weighted by molar-refractivity contribution is -0.295. The molecule has 1 aliphatic carbocycles. The number of methoxy groups -OCH3 is 1. The molecule has 0 aromatic carbocycles. The van der Waals surface area contributed by atoms with Gasteiger partial charge in [0.25, 0.3) is 0 Å². The number of nitrogens with zero attached hydrogens (tertiary/aromatic N) is 3. The van der Waals surface area contributed by atoms with Crippen molar-refractivity contribution in [2.75, 3.05) is 54.4 Å². The molecule has 1 N–H and O–H groups in total. The van der Waals surface area contributed by atoms with Crippen molar-refractivity contribution in [1.29, 1.82) is 0 Å². The van der Waals surface area contributed by atoms with Crippen molar-refractivity contribution in [2.24, 2.45) is 29.1 Å². The predicted octanol–water partition coefficient (Wildman–Crippen LogP) is 3.05. The third-order valence-corrected chi connectivity index (χ3v) is 10.9. The van der Waals surface area contributed by atoms with Crippen LogP contribution >= 0.6 is 0 Å². The minimum Gasteiger partial charge on any atom is -0.460 e. The summed E-state index contributed by atoms with van der Waals surface area (Å²) in [4.78, 5) is 34.9. The van der Waals surface area contributed by atoms with Crippen LogP contribution in [0.15, 0.2) is 0 Å². The first-order valence-electron chi connectivity index (χ1n) is 16.9. The average molecular weight is 624 g/mol. The van der Waals surface area contributed by atoms with E-state index in [0.29, 0.717) is 18.8 Å². The van der Waals surface area contributed by atoms with Crippen molar-refractivity contribution in [3.8, 4) is 0 Å². The number of Topliss-reactive ketones (excluding diaryl/α,β-unsaturated/α-hetero) is 1. The van der Waals surface area contributed by atoms with Gasteiger partial charge < -0.3 is 33.9 Å². The third-order valence-electron chi connectivity index (χ3n) is 10.9. The first-order chi connectivity index (χ1) is 20.5. The van der Waals surface area contributed by atoms with Gasteiger partial charge in [0, 0.05) is 51.2 Å². The smallest absolute Gasteiger partial charge is 0.319 e. The first-order valence-corrected chi connectivity index (χ1v) is 16.9. The Labute approximate surface area is 266 Å². The summed E-state index contributed by atoms with van der Waals surface area (Å²) in [5.41, 5.74) is -2.31. The molecule has 3 saturated heterocycles. The number of aliphatic hydroxyl groups is 1. The van der Waals surface area contributed by atoms with Gasteiger partial charge in [0.2, 0.25) is 0 Å². The largest absolute Gasteiger partial charge is 0.460 e. The molecule has 4 fully saturated rings. The quantitative estimate of drug-likeness (QED) is 0.337. The van der Waals surface area contributed by atoms with E-state index in [0.717, 1.165) is 32.1 Å². The second kappa shape index (κ2) is 13.9. The van der Waals surface area contributed by atoms with Crippen molar-refractivity contribution in [3.05, 3.63) is 0 Å². The van der Waals surface area contributed by atoms with E-state index in [4.69, 9.17) is 18.9 Å². The average Bonchev–Trinajstić information content (AvgIpc) is 3.74. The maximum atomic E-state index is 14.3. The van der Waals surface area contributed by atoms with E-state index in [2.05, 4.69) is 23.8 Å². The van der Waals surface area contributed by atoms with Crippen LogP contribution in [0.3, 0.4) is 0 Å². The molecule has 0 aromatic rings. The van der Waals surface area contributed by atoms with Crippen LogP contribution < -0.4 is 0 Å². The molecule has 3 aliphatic heterocycles. The maximum absolute atomic E-state index is 14.3. The minimum absolute atomic E-state index is 0.0389. The van der Waals surface area contributed by atoms with Crippen LogP contribution in [0.5, 0.6) is 0 Å². The second-order valence-corrected chi connectivity index (χ2v) is 15.7. The van der Waals surface area contributed by atoms with Gasteiger partial charge >= 0.3 is 5.97 Å². The molecule has 10 atom stereocenters. The molecule has 0 unspecified atom stereocenters. The van der Waals surface area contributed by atoms with Gasteiger partial charge in [0.05, 0.1) is 23.9 Å². The van der Waals surface area contributed by atoms with Crippen molar-refractivity contribution in [1.82, 2.24) is 14.7 Å². The van der Waals surface area contributed by atoms with Gasteiger partial charge in [-0.25, -0.2) is 0 Å². The molecule has 3 heterocycles. The third kappa shape index (κ3) is 7.69. The Balaban J connectivity index is 1.64. The summed E-state index contributed by atoms with van der Waals surface area (Å²) in [6, 6.07) is -0.126. The summed E-state index contributed by atoms with van der Waals surface area (Å²) in [5.74, 6) is -0.134. The number of cyclic esters (lactones) is 1. The second-order valence-electron chi connectivity index (χ2n) is 15.7. The first kappa shape index (κ1) is 35.7. The topological polar surface area (TPSA) is 101 Å². The summed E-state index contributed by atoms with van der Waals surface area (Å²) in [6.45, 7) is 17.2. The van der Waals surface area contributed by atoms with Crippen LogP contribution in [-0.4, -0.2) is 134 Å². The number of carbonyl (C=O) groups excluding carboxylic acids is 2. The summed E-state index contributed by atoms with van der Waals surface area (Å²) >= 11 is 0. The Morgan fingerprint density at radius 1 is 1.05 bits per heavy atom. The van der Waals surface area contributed by atoms with E-state index in [1.807, 2.05) is 39.8 Å². The molecule has 44 heavy (non-hydrogen) atoms. The van der Waals surface area contributed by atoms with Gasteiger partial charge in [-0.1, -0.05) is 13.8 Å². The van der Waals surface area contributed by atoms with Crippen LogP contribution in [-0.2, 0) is 28.5 Å². The molecule has 0 spiro atoms. The van der Waals surface area contributed by atoms with Gasteiger partial charge in [0.15, 0.2) is 12.1 Å². The van der Waals surface area contributed by atoms with E-state index in [-0.39, 0.29) is 36.0 Å². The van der Waals surface area contributed by atoms with Crippen LogP contribution in [0.4, 0.5) is 0 Å². The molecule has 0 radical (unpaired) electrons. The molecular weight excluding hydrogens is 562 g/mol. The zero-order chi connectivity index (χ0) is 32.7. The molecule has 10 heteroatoms. The molecule has 0 aromatic heterocycles. The number of esters is 1. The number of hydrogen-bond acceptors (Lipinski definition) is 10. The molecule has 254 valence electrons. The lowest BCUT2D eigenvalue weighted by Gasteiger charge is -2.49. The SMILES string of the molecule is CO[C@]1(C)C[C@@H](C)CN(C)[C@H](C2CN(CC3CC3)C2)[C@@H](C)OC(=O)C(C)(C)C(=O)[C@H](C)[C@H]1O[C@@H]1O[C@H](C)C[C@H](N(C)C)[C@H]1O. The van der Waals surface area contributed by atoms with E-state index in [9.17, 15) is 14.7 Å². The fourth-order valence-electron chi connectivity index (χ4n) is 8.21. The summed E-state index contributed by atoms with van der Waals surface area (Å²) in [7, 11) is 7.64. The Kier molecular flexibility index (Phi) is 11.3. The van der Waals surface area contributed by atoms with Gasteiger partial charge in [-0.05, 0) is 93.3 Å². The van der Waals surface area contributed by atoms with Crippen molar-refractivity contribution in [3.63, 3.8) is 0 Å². The molecule has 4 aliphatic rings. The zero-order valence-corrected chi connectivity index (χ0v) is 29.2. The van der Waals surface area contributed by atoms with Crippen LogP contribution in [0.2, 0.25) is 0 Å². The number of carbonyl (C=O) groups is 2. The standard InChI is InChI=1S/C34H61N3O7/c1-20-15-34(7,41-11)30(44-31-28(38)26(35(8)9)14-21(2)42-31)22(3)29(39)33(5,6)32(40)43-23(4)27(36(10)16-20)25-18-37(19-25)17-24-12-13-24/h20-28,30-31,38H,12-19H2,1-11H3/t20-,21-,22+,23-,26+,27+,28-,30-,31+,34-/m1/s1. The van der Waals surface area contributed by atoms with Crippen molar-refractivity contribution < 1.29 is 33.6 Å². The van der Waals surface area contributed by atoms with Gasteiger partial charge in [-0.15, -0.1) is 0 Å². The molecule has 0 bridgehead atoms. The minimum atomic E-state index is -1.41. The number of likely N-dealkylation sites (tertiary alicyclic amines) is 1. The highest BCUT2D eigenvalue weighted by Crippen LogP contribution is 2.40. The van der Waals surface area contributed by atoms with Crippen LogP contribution in [0.25, 0.3) is 0 Å².